The van der Waals surface area contributed by atoms with Crippen LogP contribution in [-0.2, 0) is 9.53 Å². The van der Waals surface area contributed by atoms with Crippen LogP contribution in [0.2, 0.25) is 0 Å². The van der Waals surface area contributed by atoms with Crippen molar-refractivity contribution < 1.29 is 13.9 Å². The van der Waals surface area contributed by atoms with Crippen LogP contribution in [0.25, 0.3) is 45.1 Å². The van der Waals surface area contributed by atoms with Crippen molar-refractivity contribution in [3.8, 4) is 34.0 Å². The van der Waals surface area contributed by atoms with Gasteiger partial charge in [0.05, 0.1) is 17.1 Å². The monoisotopic (exact) mass is 486 g/mol. The molecule has 0 aliphatic heterocycles. The van der Waals surface area contributed by atoms with Crippen molar-refractivity contribution in [3.63, 3.8) is 0 Å². The largest absolute Gasteiger partial charge is 0.375 e. The molecule has 0 unspecified atom stereocenters. The lowest BCUT2D eigenvalue weighted by Crippen LogP contribution is -2.31. The van der Waals surface area contributed by atoms with Gasteiger partial charge in [-0.05, 0) is 42.5 Å². The highest BCUT2D eigenvalue weighted by Gasteiger charge is 2.18. The fourth-order valence-electron chi connectivity index (χ4n) is 3.72. The van der Waals surface area contributed by atoms with E-state index in [2.05, 4.69) is 35.6 Å². The molecule has 0 atom stereocenters. The number of fused-ring (bicyclic) bond motifs is 1. The van der Waals surface area contributed by atoms with Gasteiger partial charge in [-0.1, -0.05) is 0 Å². The van der Waals surface area contributed by atoms with Gasteiger partial charge in [0.1, 0.15) is 23.9 Å². The summed E-state index contributed by atoms with van der Waals surface area (Å²) in [6, 6.07) is 11.8. The third-order valence-corrected chi connectivity index (χ3v) is 5.41. The Labute approximate surface area is 205 Å². The first-order valence-electron chi connectivity index (χ1n) is 11.2. The van der Waals surface area contributed by atoms with E-state index in [0.29, 0.717) is 41.9 Å². The SMILES string of the molecule is COCC(=O)NCCNc1nccc(-c2[nH]c(-c3ccc(F)cc3)nc2-c2cnc3[nH]ccc3c2)n1. The van der Waals surface area contributed by atoms with Gasteiger partial charge in [-0.3, -0.25) is 4.79 Å². The summed E-state index contributed by atoms with van der Waals surface area (Å²) in [5.41, 5.74) is 4.25. The van der Waals surface area contributed by atoms with Gasteiger partial charge in [0.15, 0.2) is 0 Å². The molecule has 5 rings (SSSR count). The van der Waals surface area contributed by atoms with Gasteiger partial charge < -0.3 is 25.3 Å². The van der Waals surface area contributed by atoms with Gasteiger partial charge >= 0.3 is 0 Å². The van der Waals surface area contributed by atoms with Crippen LogP contribution >= 0.6 is 0 Å². The van der Waals surface area contributed by atoms with Crippen LogP contribution < -0.4 is 10.6 Å². The van der Waals surface area contributed by atoms with Crippen molar-refractivity contribution in [1.82, 2.24) is 35.2 Å². The van der Waals surface area contributed by atoms with Crippen molar-refractivity contribution in [1.29, 1.82) is 0 Å². The predicted octanol–water partition coefficient (Wildman–Crippen LogP) is 3.39. The predicted molar refractivity (Wildman–Crippen MR) is 133 cm³/mol. The fourth-order valence-corrected chi connectivity index (χ4v) is 3.72. The van der Waals surface area contributed by atoms with Crippen LogP contribution in [0, 0.1) is 5.82 Å². The lowest BCUT2D eigenvalue weighted by Gasteiger charge is -2.08. The molecule has 5 aromatic rings. The Kier molecular flexibility index (Phi) is 6.63. The summed E-state index contributed by atoms with van der Waals surface area (Å²) >= 11 is 0. The number of anilines is 1. The Morgan fingerprint density at radius 1 is 1.06 bits per heavy atom. The van der Waals surface area contributed by atoms with Crippen molar-refractivity contribution in [2.75, 3.05) is 32.1 Å². The average molecular weight is 487 g/mol. The topological polar surface area (TPSA) is 134 Å². The number of H-pyrrole nitrogens is 2. The number of nitrogens with one attached hydrogen (secondary N) is 4. The molecule has 182 valence electrons. The zero-order valence-corrected chi connectivity index (χ0v) is 19.4. The molecule has 0 aliphatic rings. The van der Waals surface area contributed by atoms with Crippen molar-refractivity contribution in [2.24, 2.45) is 0 Å². The first-order valence-corrected chi connectivity index (χ1v) is 11.2. The lowest BCUT2D eigenvalue weighted by atomic mass is 10.1. The maximum absolute atomic E-state index is 13.5. The van der Waals surface area contributed by atoms with E-state index in [0.717, 1.165) is 22.2 Å². The number of pyridine rings is 1. The van der Waals surface area contributed by atoms with Crippen LogP contribution in [0.4, 0.5) is 10.3 Å². The van der Waals surface area contributed by atoms with Crippen LogP contribution in [0.15, 0.2) is 61.1 Å². The number of aromatic nitrogens is 6. The summed E-state index contributed by atoms with van der Waals surface area (Å²) < 4.78 is 18.3. The van der Waals surface area contributed by atoms with Gasteiger partial charge in [0.25, 0.3) is 0 Å². The number of amides is 1. The Balaban J connectivity index is 1.47. The summed E-state index contributed by atoms with van der Waals surface area (Å²) in [6.45, 7) is 0.834. The summed E-state index contributed by atoms with van der Waals surface area (Å²) in [7, 11) is 1.47. The minimum atomic E-state index is -0.321. The van der Waals surface area contributed by atoms with E-state index in [4.69, 9.17) is 9.72 Å². The Hall–Kier alpha value is -4.64. The summed E-state index contributed by atoms with van der Waals surface area (Å²) in [5.74, 6) is 0.454. The molecule has 4 heterocycles. The van der Waals surface area contributed by atoms with Gasteiger partial charge in [-0.15, -0.1) is 0 Å². The first kappa shape index (κ1) is 23.1. The van der Waals surface area contributed by atoms with Crippen LogP contribution in [0.3, 0.4) is 0 Å². The number of carbonyl (C=O) groups is 1. The molecular formula is C25H23FN8O2. The van der Waals surface area contributed by atoms with Crippen molar-refractivity contribution >= 4 is 22.9 Å². The number of hydrogen-bond donors (Lipinski definition) is 4. The summed E-state index contributed by atoms with van der Waals surface area (Å²) in [6.07, 6.45) is 5.22. The molecule has 0 radical (unpaired) electrons. The van der Waals surface area contributed by atoms with E-state index in [-0.39, 0.29) is 18.3 Å². The molecule has 0 aliphatic carbocycles. The van der Waals surface area contributed by atoms with Crippen LogP contribution in [0.5, 0.6) is 0 Å². The maximum atomic E-state index is 13.5. The molecule has 0 saturated heterocycles. The van der Waals surface area contributed by atoms with E-state index in [1.807, 2.05) is 18.3 Å². The highest BCUT2D eigenvalue weighted by molar-refractivity contribution is 5.85. The minimum Gasteiger partial charge on any atom is -0.375 e. The zero-order valence-electron chi connectivity index (χ0n) is 19.4. The van der Waals surface area contributed by atoms with Gasteiger partial charge in [-0.25, -0.2) is 24.3 Å². The van der Waals surface area contributed by atoms with Gasteiger partial charge in [0, 0.05) is 55.3 Å². The normalized spacial score (nSPS) is 11.1. The molecule has 0 fully saturated rings. The lowest BCUT2D eigenvalue weighted by molar-refractivity contribution is -0.124. The van der Waals surface area contributed by atoms with E-state index >= 15 is 0 Å². The van der Waals surface area contributed by atoms with Gasteiger partial charge in [0.2, 0.25) is 11.9 Å². The highest BCUT2D eigenvalue weighted by Crippen LogP contribution is 2.33. The molecule has 11 heteroatoms. The second kappa shape index (κ2) is 10.3. The minimum absolute atomic E-state index is 0.00831. The highest BCUT2D eigenvalue weighted by atomic mass is 19.1. The Morgan fingerprint density at radius 2 is 1.92 bits per heavy atom. The standard InChI is InChI=1S/C25H23FN8O2/c1-36-14-20(35)27-10-11-30-25-29-9-7-19(32-25)22-21(17-12-16-6-8-28-23(16)31-13-17)33-24(34-22)15-2-4-18(26)5-3-15/h2-9,12-13H,10-11,14H2,1H3,(H,27,35)(H,28,31)(H,33,34)(H,29,30,32). The molecule has 4 aromatic heterocycles. The van der Waals surface area contributed by atoms with Crippen molar-refractivity contribution in [2.45, 2.75) is 0 Å². The second-order valence-corrected chi connectivity index (χ2v) is 7.93. The number of nitrogens with zero attached hydrogens (tertiary/aromatic N) is 4. The smallest absolute Gasteiger partial charge is 0.246 e. The number of carbonyl (C=O) groups excluding carboxylic acids is 1. The number of hydrogen-bond acceptors (Lipinski definition) is 7. The number of ether oxygens (including phenoxy) is 1. The van der Waals surface area contributed by atoms with E-state index in [1.165, 1.54) is 19.2 Å². The molecule has 0 saturated carbocycles. The summed E-state index contributed by atoms with van der Waals surface area (Å²) in [5, 5.41) is 6.79. The molecule has 4 N–H and O–H groups in total. The van der Waals surface area contributed by atoms with Crippen molar-refractivity contribution in [3.05, 3.63) is 66.9 Å². The molecule has 0 spiro atoms. The van der Waals surface area contributed by atoms with E-state index in [1.54, 1.807) is 30.6 Å². The first-order chi connectivity index (χ1) is 17.6. The third kappa shape index (κ3) is 5.05. The number of halogens is 1. The Morgan fingerprint density at radius 3 is 2.75 bits per heavy atom. The van der Waals surface area contributed by atoms with E-state index < -0.39 is 0 Å². The second-order valence-electron chi connectivity index (χ2n) is 7.93. The molecule has 10 nitrogen and oxygen atoms in total. The fraction of sp³-hybridized carbons (Fsp3) is 0.160. The van der Waals surface area contributed by atoms with Gasteiger partial charge in [-0.2, -0.15) is 0 Å². The third-order valence-electron chi connectivity index (χ3n) is 5.41. The van der Waals surface area contributed by atoms with Crippen LogP contribution in [0.1, 0.15) is 0 Å². The molecule has 1 amide bonds. The summed E-state index contributed by atoms with van der Waals surface area (Å²) in [4.78, 5) is 36.2. The zero-order chi connectivity index (χ0) is 24.9. The molecule has 36 heavy (non-hydrogen) atoms. The maximum Gasteiger partial charge on any atom is 0.246 e. The number of benzene rings is 1. The molecule has 0 bridgehead atoms. The molecular weight excluding hydrogens is 463 g/mol. The van der Waals surface area contributed by atoms with E-state index in [9.17, 15) is 9.18 Å². The molecule has 1 aromatic carbocycles. The quantitative estimate of drug-likeness (QED) is 0.235. The number of methoxy groups -OCH3 is 1. The number of imidazole rings is 1. The van der Waals surface area contributed by atoms with Crippen LogP contribution in [-0.4, -0.2) is 62.6 Å². The number of rotatable bonds is 9. The number of aromatic amines is 2. The average Bonchev–Trinajstić information content (AvgIpc) is 3.54. The Bertz CT molecular complexity index is 1500.